The maximum atomic E-state index is 13.2. The van der Waals surface area contributed by atoms with Crippen molar-refractivity contribution in [1.82, 2.24) is 15.1 Å². The largest absolute Gasteiger partial charge is 0.493 e. The summed E-state index contributed by atoms with van der Waals surface area (Å²) >= 11 is 6.15. The van der Waals surface area contributed by atoms with Crippen LogP contribution in [0, 0.1) is 5.82 Å². The number of hydrogen-bond acceptors (Lipinski definition) is 4. The summed E-state index contributed by atoms with van der Waals surface area (Å²) in [6.45, 7) is 0. The Bertz CT molecular complexity index is 1340. The average Bonchev–Trinajstić information content (AvgIpc) is 3.21. The summed E-state index contributed by atoms with van der Waals surface area (Å²) in [5, 5.41) is 26.7. The standard InChI is InChI=1S/C25H19ClFN3O4/c26-19-3-1-2-4-22(19)30-23(31)13-21(29-30)25(34)28-20(14-24(32)33)17-7-5-15(6-8-17)16-9-11-18(27)12-10-16/h1-13,20,31H,14H2,(H,28,34)(H,32,33)/t20-/m1/s1. The number of halogens is 2. The summed E-state index contributed by atoms with van der Waals surface area (Å²) in [6.07, 6.45) is -0.362. The van der Waals surface area contributed by atoms with Gasteiger partial charge in [-0.25, -0.2) is 4.39 Å². The van der Waals surface area contributed by atoms with Crippen LogP contribution in [0.2, 0.25) is 5.02 Å². The SMILES string of the molecule is O=C(O)C[C@@H](NC(=O)c1cc(O)n(-c2ccccc2Cl)n1)c1ccc(-c2ccc(F)cc2)cc1. The van der Waals surface area contributed by atoms with Crippen molar-refractivity contribution < 1.29 is 24.2 Å². The Balaban J connectivity index is 1.56. The van der Waals surface area contributed by atoms with Gasteiger partial charge in [0.1, 0.15) is 5.82 Å². The molecule has 3 aromatic carbocycles. The van der Waals surface area contributed by atoms with E-state index in [0.717, 1.165) is 15.8 Å². The van der Waals surface area contributed by atoms with Crippen LogP contribution in [0.5, 0.6) is 5.88 Å². The van der Waals surface area contributed by atoms with Gasteiger partial charge in [-0.15, -0.1) is 0 Å². The Morgan fingerprint density at radius 3 is 2.24 bits per heavy atom. The smallest absolute Gasteiger partial charge is 0.305 e. The van der Waals surface area contributed by atoms with Crippen LogP contribution in [-0.2, 0) is 4.79 Å². The van der Waals surface area contributed by atoms with Gasteiger partial charge < -0.3 is 15.5 Å². The Labute approximate surface area is 199 Å². The molecule has 1 aromatic heterocycles. The molecule has 1 atom stereocenters. The van der Waals surface area contributed by atoms with Crippen LogP contribution >= 0.6 is 11.6 Å². The van der Waals surface area contributed by atoms with Crippen molar-refractivity contribution in [3.05, 3.63) is 101 Å². The number of benzene rings is 3. The number of para-hydroxylation sites is 1. The number of nitrogens with zero attached hydrogens (tertiary/aromatic N) is 2. The maximum Gasteiger partial charge on any atom is 0.305 e. The first kappa shape index (κ1) is 23.0. The first-order chi connectivity index (χ1) is 16.3. The number of aliphatic carboxylic acids is 1. The highest BCUT2D eigenvalue weighted by Crippen LogP contribution is 2.26. The molecule has 0 aliphatic heterocycles. The molecule has 0 aliphatic carbocycles. The van der Waals surface area contributed by atoms with E-state index in [4.69, 9.17) is 11.6 Å². The van der Waals surface area contributed by atoms with Crippen LogP contribution in [0.4, 0.5) is 4.39 Å². The van der Waals surface area contributed by atoms with Crippen molar-refractivity contribution in [2.24, 2.45) is 0 Å². The van der Waals surface area contributed by atoms with Gasteiger partial charge in [-0.05, 0) is 41.0 Å². The Kier molecular flexibility index (Phi) is 6.60. The number of carboxylic acid groups (broad SMARTS) is 1. The molecule has 1 amide bonds. The maximum absolute atomic E-state index is 13.2. The van der Waals surface area contributed by atoms with Gasteiger partial charge in [0, 0.05) is 6.07 Å². The summed E-state index contributed by atoms with van der Waals surface area (Å²) in [6, 6.07) is 19.9. The van der Waals surface area contributed by atoms with Gasteiger partial charge in [0.25, 0.3) is 5.91 Å². The molecule has 0 fully saturated rings. The molecule has 1 heterocycles. The number of aromatic nitrogens is 2. The fraction of sp³-hybridized carbons (Fsp3) is 0.0800. The molecule has 9 heteroatoms. The Morgan fingerprint density at radius 1 is 1.00 bits per heavy atom. The number of amides is 1. The van der Waals surface area contributed by atoms with E-state index in [1.54, 1.807) is 60.7 Å². The molecule has 3 N–H and O–H groups in total. The van der Waals surface area contributed by atoms with E-state index in [2.05, 4.69) is 10.4 Å². The van der Waals surface area contributed by atoms with Crippen molar-refractivity contribution in [3.63, 3.8) is 0 Å². The zero-order chi connectivity index (χ0) is 24.2. The van der Waals surface area contributed by atoms with E-state index in [1.807, 2.05) is 0 Å². The molecule has 0 bridgehead atoms. The van der Waals surface area contributed by atoms with Gasteiger partial charge in [-0.2, -0.15) is 9.78 Å². The van der Waals surface area contributed by atoms with Gasteiger partial charge in [0.05, 0.1) is 23.2 Å². The number of hydrogen-bond donors (Lipinski definition) is 3. The molecule has 0 aliphatic rings. The van der Waals surface area contributed by atoms with Gasteiger partial charge in [-0.1, -0.05) is 60.1 Å². The fourth-order valence-corrected chi connectivity index (χ4v) is 3.71. The van der Waals surface area contributed by atoms with Crippen LogP contribution in [0.25, 0.3) is 16.8 Å². The Hall–Kier alpha value is -4.17. The predicted octanol–water partition coefficient (Wildman–Crippen LogP) is 4.98. The summed E-state index contributed by atoms with van der Waals surface area (Å²) in [4.78, 5) is 24.3. The number of nitrogens with one attached hydrogen (secondary N) is 1. The van der Waals surface area contributed by atoms with Gasteiger partial charge >= 0.3 is 5.97 Å². The van der Waals surface area contributed by atoms with Crippen molar-refractivity contribution in [2.45, 2.75) is 12.5 Å². The molecule has 7 nitrogen and oxygen atoms in total. The van der Waals surface area contributed by atoms with Gasteiger partial charge in [0.15, 0.2) is 5.69 Å². The minimum Gasteiger partial charge on any atom is -0.493 e. The summed E-state index contributed by atoms with van der Waals surface area (Å²) in [7, 11) is 0. The minimum atomic E-state index is -1.10. The third-order valence-corrected chi connectivity index (χ3v) is 5.50. The Morgan fingerprint density at radius 2 is 1.62 bits per heavy atom. The first-order valence-corrected chi connectivity index (χ1v) is 10.6. The van der Waals surface area contributed by atoms with Gasteiger partial charge in [-0.3, -0.25) is 9.59 Å². The van der Waals surface area contributed by atoms with Crippen molar-refractivity contribution in [2.75, 3.05) is 0 Å². The predicted molar refractivity (Wildman–Crippen MR) is 125 cm³/mol. The highest BCUT2D eigenvalue weighted by atomic mass is 35.5. The first-order valence-electron chi connectivity index (χ1n) is 10.2. The molecule has 172 valence electrons. The monoisotopic (exact) mass is 479 g/mol. The van der Waals surface area contributed by atoms with Crippen LogP contribution in [0.3, 0.4) is 0 Å². The van der Waals surface area contributed by atoms with Gasteiger partial charge in [0.2, 0.25) is 5.88 Å². The lowest BCUT2D eigenvalue weighted by molar-refractivity contribution is -0.137. The molecule has 0 spiro atoms. The molecule has 0 unspecified atom stereocenters. The quantitative estimate of drug-likeness (QED) is 0.346. The van der Waals surface area contributed by atoms with Crippen LogP contribution in [-0.4, -0.2) is 31.9 Å². The molecule has 0 radical (unpaired) electrons. The highest BCUT2D eigenvalue weighted by molar-refractivity contribution is 6.32. The van der Waals surface area contributed by atoms with Crippen LogP contribution in [0.1, 0.15) is 28.5 Å². The number of carboxylic acids is 1. The van der Waals surface area contributed by atoms with Crippen molar-refractivity contribution in [1.29, 1.82) is 0 Å². The second-order valence-electron chi connectivity index (χ2n) is 7.50. The zero-order valence-electron chi connectivity index (χ0n) is 17.7. The minimum absolute atomic E-state index is 0.101. The van der Waals surface area contributed by atoms with Crippen molar-refractivity contribution in [3.8, 4) is 22.7 Å². The van der Waals surface area contributed by atoms with E-state index in [9.17, 15) is 24.2 Å². The lowest BCUT2D eigenvalue weighted by Crippen LogP contribution is -2.30. The van der Waals surface area contributed by atoms with Crippen LogP contribution < -0.4 is 5.32 Å². The summed E-state index contributed by atoms with van der Waals surface area (Å²) in [5.41, 5.74) is 2.46. The number of aromatic hydroxyl groups is 1. The summed E-state index contributed by atoms with van der Waals surface area (Å²) < 4.78 is 14.3. The molecule has 4 aromatic rings. The normalized spacial score (nSPS) is 11.7. The van der Waals surface area contributed by atoms with E-state index >= 15 is 0 Å². The van der Waals surface area contributed by atoms with Crippen LogP contribution in [0.15, 0.2) is 78.9 Å². The zero-order valence-corrected chi connectivity index (χ0v) is 18.4. The molecule has 0 saturated heterocycles. The fourth-order valence-electron chi connectivity index (χ4n) is 3.49. The third kappa shape index (κ3) is 5.07. The number of carbonyl (C=O) groups is 2. The lowest BCUT2D eigenvalue weighted by Gasteiger charge is -2.17. The average molecular weight is 480 g/mol. The molecule has 4 rings (SSSR count). The topological polar surface area (TPSA) is 104 Å². The lowest BCUT2D eigenvalue weighted by atomic mass is 9.99. The van der Waals surface area contributed by atoms with E-state index in [1.165, 1.54) is 18.2 Å². The van der Waals surface area contributed by atoms with E-state index in [0.29, 0.717) is 16.3 Å². The molecular formula is C25H19ClFN3O4. The number of carbonyl (C=O) groups excluding carboxylic acids is 1. The van der Waals surface area contributed by atoms with E-state index in [-0.39, 0.29) is 23.8 Å². The molecule has 0 saturated carbocycles. The van der Waals surface area contributed by atoms with E-state index < -0.39 is 17.9 Å². The third-order valence-electron chi connectivity index (χ3n) is 5.18. The highest BCUT2D eigenvalue weighted by Gasteiger charge is 2.22. The number of rotatable bonds is 7. The molecular weight excluding hydrogens is 461 g/mol. The van der Waals surface area contributed by atoms with Crippen molar-refractivity contribution >= 4 is 23.5 Å². The molecule has 34 heavy (non-hydrogen) atoms. The summed E-state index contributed by atoms with van der Waals surface area (Å²) in [5.74, 6) is -2.39. The second kappa shape index (κ2) is 9.76. The second-order valence-corrected chi connectivity index (χ2v) is 7.91.